The zero-order valence-electron chi connectivity index (χ0n) is 11.3. The van der Waals surface area contributed by atoms with Gasteiger partial charge in [-0.25, -0.2) is 0 Å². The van der Waals surface area contributed by atoms with Crippen LogP contribution in [0.25, 0.3) is 0 Å². The van der Waals surface area contributed by atoms with E-state index in [0.717, 1.165) is 0 Å². The molecule has 0 radical (unpaired) electrons. The number of phenolic OH excluding ortho intramolecular Hbond substituents is 1. The fourth-order valence-corrected chi connectivity index (χ4v) is 1.80. The summed E-state index contributed by atoms with van der Waals surface area (Å²) in [7, 11) is 1.33. The first-order valence-corrected chi connectivity index (χ1v) is 6.18. The van der Waals surface area contributed by atoms with Crippen molar-refractivity contribution >= 4 is 12.1 Å². The third kappa shape index (κ3) is 3.34. The molecule has 3 atom stereocenters. The normalized spacial score (nSPS) is 15.2. The molecule has 1 aromatic rings. The van der Waals surface area contributed by atoms with Gasteiger partial charge in [0.25, 0.3) is 0 Å². The van der Waals surface area contributed by atoms with Crippen LogP contribution >= 0.6 is 0 Å². The SMILES string of the molecule is CCC(O)C(O)C(C=O)C(=O)c1ccc(O)c(OC)c1. The molecule has 3 unspecified atom stereocenters. The van der Waals surface area contributed by atoms with E-state index < -0.39 is 23.9 Å². The van der Waals surface area contributed by atoms with Crippen LogP contribution in [0.4, 0.5) is 0 Å². The van der Waals surface area contributed by atoms with Crippen LogP contribution in [0.2, 0.25) is 0 Å². The van der Waals surface area contributed by atoms with Gasteiger partial charge < -0.3 is 24.9 Å². The monoisotopic (exact) mass is 282 g/mol. The van der Waals surface area contributed by atoms with Gasteiger partial charge in [0, 0.05) is 5.56 Å². The van der Waals surface area contributed by atoms with Gasteiger partial charge in [0.1, 0.15) is 12.2 Å². The molecule has 0 heterocycles. The highest BCUT2D eigenvalue weighted by Gasteiger charge is 2.32. The van der Waals surface area contributed by atoms with Crippen LogP contribution in [0, 0.1) is 5.92 Å². The molecule has 1 aromatic carbocycles. The van der Waals surface area contributed by atoms with E-state index in [1.165, 1.54) is 25.3 Å². The van der Waals surface area contributed by atoms with Crippen LogP contribution in [-0.4, -0.2) is 46.7 Å². The standard InChI is InChI=1S/C14H18O6/c1-3-10(16)14(19)9(7-15)13(18)8-4-5-11(17)12(6-8)20-2/h4-7,9-10,14,16-17,19H,3H2,1-2H3. The average molecular weight is 282 g/mol. The van der Waals surface area contributed by atoms with Crippen molar-refractivity contribution in [2.24, 2.45) is 5.92 Å². The molecular formula is C14H18O6. The quantitative estimate of drug-likeness (QED) is 0.383. The number of phenols is 1. The number of benzene rings is 1. The molecule has 0 saturated heterocycles. The number of methoxy groups -OCH3 is 1. The van der Waals surface area contributed by atoms with Gasteiger partial charge in [0.15, 0.2) is 17.3 Å². The Hall–Kier alpha value is -1.92. The maximum Gasteiger partial charge on any atom is 0.175 e. The number of rotatable bonds is 7. The highest BCUT2D eigenvalue weighted by Crippen LogP contribution is 2.27. The van der Waals surface area contributed by atoms with Gasteiger partial charge in [-0.3, -0.25) is 4.79 Å². The van der Waals surface area contributed by atoms with Crippen molar-refractivity contribution in [1.29, 1.82) is 0 Å². The van der Waals surface area contributed by atoms with Crippen LogP contribution in [0.5, 0.6) is 11.5 Å². The molecule has 0 aromatic heterocycles. The zero-order chi connectivity index (χ0) is 15.3. The minimum atomic E-state index is -1.47. The summed E-state index contributed by atoms with van der Waals surface area (Å²) in [6, 6.07) is 3.86. The van der Waals surface area contributed by atoms with E-state index in [0.29, 0.717) is 6.29 Å². The molecule has 20 heavy (non-hydrogen) atoms. The largest absolute Gasteiger partial charge is 0.504 e. The van der Waals surface area contributed by atoms with Gasteiger partial charge in [-0.1, -0.05) is 6.92 Å². The summed E-state index contributed by atoms with van der Waals surface area (Å²) < 4.78 is 4.88. The number of aliphatic hydroxyl groups is 2. The average Bonchev–Trinajstić information content (AvgIpc) is 2.47. The van der Waals surface area contributed by atoms with Crippen LogP contribution in [-0.2, 0) is 4.79 Å². The number of aliphatic hydroxyl groups excluding tert-OH is 2. The van der Waals surface area contributed by atoms with Crippen molar-refractivity contribution in [3.8, 4) is 11.5 Å². The smallest absolute Gasteiger partial charge is 0.175 e. The second kappa shape index (κ2) is 7.02. The molecule has 110 valence electrons. The van der Waals surface area contributed by atoms with Crippen molar-refractivity contribution in [2.45, 2.75) is 25.6 Å². The first-order chi connectivity index (χ1) is 9.46. The van der Waals surface area contributed by atoms with Gasteiger partial charge >= 0.3 is 0 Å². The lowest BCUT2D eigenvalue weighted by molar-refractivity contribution is -0.115. The second-order valence-electron chi connectivity index (χ2n) is 4.38. The molecule has 0 amide bonds. The Bertz CT molecular complexity index is 485. The Morgan fingerprint density at radius 1 is 1.40 bits per heavy atom. The molecule has 0 saturated carbocycles. The lowest BCUT2D eigenvalue weighted by atomic mass is 9.90. The van der Waals surface area contributed by atoms with Gasteiger partial charge in [0.2, 0.25) is 0 Å². The summed E-state index contributed by atoms with van der Waals surface area (Å²) in [5.41, 5.74) is 0.110. The second-order valence-corrected chi connectivity index (χ2v) is 4.38. The summed E-state index contributed by atoms with van der Waals surface area (Å²) in [6.45, 7) is 1.63. The number of carbonyl (C=O) groups is 2. The molecular weight excluding hydrogens is 264 g/mol. The summed E-state index contributed by atoms with van der Waals surface area (Å²) in [4.78, 5) is 23.2. The maximum atomic E-state index is 12.2. The fourth-order valence-electron chi connectivity index (χ4n) is 1.80. The van der Waals surface area contributed by atoms with Crippen molar-refractivity contribution in [3.05, 3.63) is 23.8 Å². The summed E-state index contributed by atoms with van der Waals surface area (Å²) in [6.07, 6.45) is -2.10. The van der Waals surface area contributed by atoms with Crippen LogP contribution in [0.15, 0.2) is 18.2 Å². The fraction of sp³-hybridized carbons (Fsp3) is 0.429. The highest BCUT2D eigenvalue weighted by atomic mass is 16.5. The molecule has 3 N–H and O–H groups in total. The number of ether oxygens (including phenoxy) is 1. The Kier molecular flexibility index (Phi) is 5.66. The minimum absolute atomic E-state index is 0.0889. The van der Waals surface area contributed by atoms with Crippen LogP contribution in [0.1, 0.15) is 23.7 Å². The van der Waals surface area contributed by atoms with E-state index in [1.807, 2.05) is 0 Å². The molecule has 0 aliphatic heterocycles. The Morgan fingerprint density at radius 3 is 2.55 bits per heavy atom. The molecule has 1 rings (SSSR count). The van der Waals surface area contributed by atoms with E-state index in [9.17, 15) is 24.9 Å². The van der Waals surface area contributed by atoms with Crippen molar-refractivity contribution in [1.82, 2.24) is 0 Å². The van der Waals surface area contributed by atoms with E-state index in [1.54, 1.807) is 6.92 Å². The van der Waals surface area contributed by atoms with E-state index in [4.69, 9.17) is 4.74 Å². The maximum absolute atomic E-state index is 12.2. The molecule has 0 aliphatic carbocycles. The minimum Gasteiger partial charge on any atom is -0.504 e. The van der Waals surface area contributed by atoms with Gasteiger partial charge in [-0.2, -0.15) is 0 Å². The third-order valence-corrected chi connectivity index (χ3v) is 3.09. The summed E-state index contributed by atoms with van der Waals surface area (Å²) in [5.74, 6) is -2.05. The number of hydrogen-bond donors (Lipinski definition) is 3. The predicted octanol–water partition coefficient (Wildman–Crippen LogP) is 0.530. The van der Waals surface area contributed by atoms with Crippen LogP contribution in [0.3, 0.4) is 0 Å². The molecule has 0 aliphatic rings. The summed E-state index contributed by atoms with van der Waals surface area (Å²) >= 11 is 0. The van der Waals surface area contributed by atoms with Crippen LogP contribution < -0.4 is 4.74 Å². The Labute approximate surface area is 116 Å². The molecule has 0 bridgehead atoms. The number of ketones is 1. The Balaban J connectivity index is 3.05. The topological polar surface area (TPSA) is 104 Å². The number of aromatic hydroxyl groups is 1. The first-order valence-electron chi connectivity index (χ1n) is 6.18. The number of aldehydes is 1. The summed E-state index contributed by atoms with van der Waals surface area (Å²) in [5, 5.41) is 28.8. The molecule has 6 nitrogen and oxygen atoms in total. The molecule has 6 heteroatoms. The van der Waals surface area contributed by atoms with Gasteiger partial charge in [-0.05, 0) is 24.6 Å². The molecule has 0 spiro atoms. The predicted molar refractivity (Wildman–Crippen MR) is 70.8 cm³/mol. The number of Topliss-reactive ketones (excluding diaryl/α,β-unsaturated/α-hetero) is 1. The lowest BCUT2D eigenvalue weighted by Gasteiger charge is -2.21. The van der Waals surface area contributed by atoms with Gasteiger partial charge in [-0.15, -0.1) is 0 Å². The Morgan fingerprint density at radius 2 is 2.05 bits per heavy atom. The van der Waals surface area contributed by atoms with Crippen molar-refractivity contribution in [3.63, 3.8) is 0 Å². The van der Waals surface area contributed by atoms with E-state index in [-0.39, 0.29) is 23.5 Å². The van der Waals surface area contributed by atoms with E-state index in [2.05, 4.69) is 0 Å². The third-order valence-electron chi connectivity index (χ3n) is 3.09. The number of carbonyl (C=O) groups excluding carboxylic acids is 2. The number of hydrogen-bond acceptors (Lipinski definition) is 6. The van der Waals surface area contributed by atoms with E-state index >= 15 is 0 Å². The van der Waals surface area contributed by atoms with Gasteiger partial charge in [0.05, 0.1) is 19.3 Å². The van der Waals surface area contributed by atoms with Crippen molar-refractivity contribution < 1.29 is 29.6 Å². The molecule has 0 fully saturated rings. The highest BCUT2D eigenvalue weighted by molar-refractivity contribution is 6.06. The lowest BCUT2D eigenvalue weighted by Crippen LogP contribution is -2.38. The van der Waals surface area contributed by atoms with Crippen molar-refractivity contribution in [2.75, 3.05) is 7.11 Å². The zero-order valence-corrected chi connectivity index (χ0v) is 11.3. The first kappa shape index (κ1) is 16.1.